The van der Waals surface area contributed by atoms with Gasteiger partial charge in [0.25, 0.3) is 0 Å². The van der Waals surface area contributed by atoms with Crippen LogP contribution in [-0.4, -0.2) is 36.6 Å². The molecule has 4 rings (SSSR count). The summed E-state index contributed by atoms with van der Waals surface area (Å²) in [5.74, 6) is 0.181. The quantitative estimate of drug-likeness (QED) is 0.564. The largest absolute Gasteiger partial charge is 0.493 e. The molecule has 1 amide bonds. The fraction of sp³-hybridized carbons (Fsp3) is 0.261. The Morgan fingerprint density at radius 3 is 2.73 bits per heavy atom. The van der Waals surface area contributed by atoms with Crippen molar-refractivity contribution in [2.24, 2.45) is 0 Å². The van der Waals surface area contributed by atoms with E-state index in [1.807, 2.05) is 60.8 Å². The zero-order valence-corrected chi connectivity index (χ0v) is 17.6. The standard InChI is InChI=1S/C23H22N2O4S/c1-3-29-20-11-7-5-9-17(20)22-24-16(14-30-22)13-21(26)25-18-10-6-4-8-15(18)12-19(25)23(27)28-2/h4-11,14,19H,3,12-13H2,1-2H3/t19-/m1/s1. The fourth-order valence-corrected chi connectivity index (χ4v) is 4.54. The average Bonchev–Trinajstić information content (AvgIpc) is 3.38. The van der Waals surface area contributed by atoms with Crippen molar-refractivity contribution >= 4 is 28.9 Å². The van der Waals surface area contributed by atoms with Gasteiger partial charge in [-0.15, -0.1) is 11.3 Å². The van der Waals surface area contributed by atoms with Crippen molar-refractivity contribution in [2.75, 3.05) is 18.6 Å². The second-order valence-corrected chi connectivity index (χ2v) is 7.74. The number of esters is 1. The number of carbonyl (C=O) groups excluding carboxylic acids is 2. The number of anilines is 1. The molecule has 6 nitrogen and oxygen atoms in total. The molecule has 0 saturated heterocycles. The zero-order chi connectivity index (χ0) is 21.1. The minimum Gasteiger partial charge on any atom is -0.493 e. The lowest BCUT2D eigenvalue weighted by molar-refractivity contribution is -0.143. The predicted octanol–water partition coefficient (Wildman–Crippen LogP) is 3.88. The van der Waals surface area contributed by atoms with E-state index in [2.05, 4.69) is 4.98 Å². The summed E-state index contributed by atoms with van der Waals surface area (Å²) in [5.41, 5.74) is 3.29. The summed E-state index contributed by atoms with van der Waals surface area (Å²) < 4.78 is 10.6. The van der Waals surface area contributed by atoms with Crippen LogP contribution in [0.3, 0.4) is 0 Å². The Morgan fingerprint density at radius 2 is 1.93 bits per heavy atom. The molecule has 0 spiro atoms. The number of thiazole rings is 1. The maximum absolute atomic E-state index is 13.2. The molecule has 0 aliphatic carbocycles. The lowest BCUT2D eigenvalue weighted by Crippen LogP contribution is -2.44. The van der Waals surface area contributed by atoms with Gasteiger partial charge in [-0.25, -0.2) is 9.78 Å². The minimum absolute atomic E-state index is 0.106. The molecule has 154 valence electrons. The Labute approximate surface area is 179 Å². The second kappa shape index (κ2) is 8.67. The molecule has 30 heavy (non-hydrogen) atoms. The third-order valence-electron chi connectivity index (χ3n) is 5.02. The Balaban J connectivity index is 1.58. The second-order valence-electron chi connectivity index (χ2n) is 6.89. The number of hydrogen-bond donors (Lipinski definition) is 0. The number of methoxy groups -OCH3 is 1. The van der Waals surface area contributed by atoms with Crippen molar-refractivity contribution in [2.45, 2.75) is 25.8 Å². The number of nitrogens with zero attached hydrogens (tertiary/aromatic N) is 2. The average molecular weight is 423 g/mol. The summed E-state index contributed by atoms with van der Waals surface area (Å²) >= 11 is 1.47. The van der Waals surface area contributed by atoms with Gasteiger partial charge < -0.3 is 9.47 Å². The van der Waals surface area contributed by atoms with Crippen LogP contribution >= 0.6 is 11.3 Å². The van der Waals surface area contributed by atoms with Crippen LogP contribution in [0.2, 0.25) is 0 Å². The van der Waals surface area contributed by atoms with Gasteiger partial charge in [0.15, 0.2) is 0 Å². The van der Waals surface area contributed by atoms with E-state index in [9.17, 15) is 9.59 Å². The summed E-state index contributed by atoms with van der Waals surface area (Å²) in [6, 6.07) is 14.7. The number of para-hydroxylation sites is 2. The molecule has 0 N–H and O–H groups in total. The highest BCUT2D eigenvalue weighted by atomic mass is 32.1. The highest BCUT2D eigenvalue weighted by Crippen LogP contribution is 2.35. The molecule has 1 aliphatic heterocycles. The summed E-state index contributed by atoms with van der Waals surface area (Å²) in [5, 5.41) is 2.68. The fourth-order valence-electron chi connectivity index (χ4n) is 3.70. The molecule has 0 radical (unpaired) electrons. The van der Waals surface area contributed by atoms with E-state index < -0.39 is 12.0 Å². The monoisotopic (exact) mass is 422 g/mol. The smallest absolute Gasteiger partial charge is 0.329 e. The Hall–Kier alpha value is -3.19. The molecule has 2 heterocycles. The van der Waals surface area contributed by atoms with Crippen molar-refractivity contribution in [3.8, 4) is 16.3 Å². The first-order chi connectivity index (χ1) is 14.6. The van der Waals surface area contributed by atoms with E-state index in [0.29, 0.717) is 18.7 Å². The van der Waals surface area contributed by atoms with Crippen LogP contribution in [0, 0.1) is 0 Å². The Bertz CT molecular complexity index is 1080. The lowest BCUT2D eigenvalue weighted by atomic mass is 10.1. The van der Waals surface area contributed by atoms with Crippen molar-refractivity contribution in [3.05, 3.63) is 65.2 Å². The van der Waals surface area contributed by atoms with Gasteiger partial charge in [0.2, 0.25) is 5.91 Å². The maximum atomic E-state index is 13.2. The summed E-state index contributed by atoms with van der Waals surface area (Å²) in [6.45, 7) is 2.51. The zero-order valence-electron chi connectivity index (χ0n) is 16.8. The Morgan fingerprint density at radius 1 is 1.17 bits per heavy atom. The number of rotatable bonds is 6. The molecule has 1 atom stereocenters. The van der Waals surface area contributed by atoms with E-state index in [1.165, 1.54) is 18.4 Å². The van der Waals surface area contributed by atoms with Crippen LogP contribution < -0.4 is 9.64 Å². The molecule has 1 aromatic heterocycles. The summed E-state index contributed by atoms with van der Waals surface area (Å²) in [6.07, 6.45) is 0.563. The van der Waals surface area contributed by atoms with Gasteiger partial charge in [-0.3, -0.25) is 9.69 Å². The van der Waals surface area contributed by atoms with Gasteiger partial charge in [0.1, 0.15) is 16.8 Å². The molecule has 0 unspecified atom stereocenters. The topological polar surface area (TPSA) is 68.7 Å². The molecule has 7 heteroatoms. The molecule has 1 aliphatic rings. The van der Waals surface area contributed by atoms with E-state index in [0.717, 1.165) is 27.6 Å². The number of hydrogen-bond acceptors (Lipinski definition) is 6. The third-order valence-corrected chi connectivity index (χ3v) is 5.94. The van der Waals surface area contributed by atoms with Gasteiger partial charge in [0.05, 0.1) is 31.4 Å². The van der Waals surface area contributed by atoms with Gasteiger partial charge in [-0.1, -0.05) is 30.3 Å². The molecule has 2 aromatic carbocycles. The first kappa shape index (κ1) is 20.1. The summed E-state index contributed by atoms with van der Waals surface area (Å²) in [7, 11) is 1.34. The van der Waals surface area contributed by atoms with Crippen molar-refractivity contribution < 1.29 is 19.1 Å². The first-order valence-electron chi connectivity index (χ1n) is 9.76. The Kier molecular flexibility index (Phi) is 5.81. The van der Waals surface area contributed by atoms with Crippen LogP contribution in [0.5, 0.6) is 5.75 Å². The van der Waals surface area contributed by atoms with E-state index in [-0.39, 0.29) is 12.3 Å². The van der Waals surface area contributed by atoms with Crippen LogP contribution in [0.15, 0.2) is 53.9 Å². The maximum Gasteiger partial charge on any atom is 0.329 e. The molecule has 0 saturated carbocycles. The predicted molar refractivity (Wildman–Crippen MR) is 116 cm³/mol. The van der Waals surface area contributed by atoms with Gasteiger partial charge in [-0.05, 0) is 30.7 Å². The van der Waals surface area contributed by atoms with Crippen LogP contribution in [0.25, 0.3) is 10.6 Å². The SMILES string of the molecule is CCOc1ccccc1-c1nc(CC(=O)N2c3ccccc3C[C@@H]2C(=O)OC)cs1. The number of aromatic nitrogens is 1. The van der Waals surface area contributed by atoms with E-state index in [1.54, 1.807) is 4.90 Å². The van der Waals surface area contributed by atoms with Crippen LogP contribution in [0.4, 0.5) is 5.69 Å². The van der Waals surface area contributed by atoms with Crippen molar-refractivity contribution in [3.63, 3.8) is 0 Å². The minimum atomic E-state index is -0.642. The number of benzene rings is 2. The van der Waals surface area contributed by atoms with Crippen molar-refractivity contribution in [1.29, 1.82) is 0 Å². The molecule has 0 fully saturated rings. The molecular weight excluding hydrogens is 400 g/mol. The first-order valence-corrected chi connectivity index (χ1v) is 10.6. The van der Waals surface area contributed by atoms with Crippen molar-refractivity contribution in [1.82, 2.24) is 4.98 Å². The number of carbonyl (C=O) groups is 2. The number of ether oxygens (including phenoxy) is 2. The highest BCUT2D eigenvalue weighted by molar-refractivity contribution is 7.13. The lowest BCUT2D eigenvalue weighted by Gasteiger charge is -2.23. The molecule has 0 bridgehead atoms. The normalized spacial score (nSPS) is 15.0. The summed E-state index contributed by atoms with van der Waals surface area (Å²) in [4.78, 5) is 31.7. The van der Waals surface area contributed by atoms with Gasteiger partial charge in [-0.2, -0.15) is 0 Å². The van der Waals surface area contributed by atoms with Crippen LogP contribution in [-0.2, 0) is 27.2 Å². The van der Waals surface area contributed by atoms with E-state index >= 15 is 0 Å². The third kappa shape index (κ3) is 3.80. The highest BCUT2D eigenvalue weighted by Gasteiger charge is 2.38. The van der Waals surface area contributed by atoms with Crippen LogP contribution in [0.1, 0.15) is 18.2 Å². The van der Waals surface area contributed by atoms with Gasteiger partial charge >= 0.3 is 5.97 Å². The van der Waals surface area contributed by atoms with E-state index in [4.69, 9.17) is 9.47 Å². The number of amides is 1. The number of fused-ring (bicyclic) bond motifs is 1. The molecular formula is C23H22N2O4S. The molecule has 3 aromatic rings. The van der Waals surface area contributed by atoms with Gasteiger partial charge in [0, 0.05) is 17.5 Å².